The van der Waals surface area contributed by atoms with Crippen molar-refractivity contribution in [1.82, 2.24) is 14.8 Å². The fraction of sp³-hybridized carbons (Fsp3) is 0.320. The lowest BCUT2D eigenvalue weighted by Gasteiger charge is -2.38. The Hall–Kier alpha value is -3.41. The smallest absolute Gasteiger partial charge is 0.226 e. The van der Waals surface area contributed by atoms with Crippen molar-refractivity contribution in [2.24, 2.45) is 5.41 Å². The molecule has 6 nitrogen and oxygen atoms in total. The van der Waals surface area contributed by atoms with Gasteiger partial charge >= 0.3 is 0 Å². The molecule has 2 heterocycles. The van der Waals surface area contributed by atoms with Crippen LogP contribution in [0.4, 0.5) is 5.95 Å². The highest BCUT2D eigenvalue weighted by Crippen LogP contribution is 2.45. The van der Waals surface area contributed by atoms with E-state index in [1.165, 1.54) is 11.9 Å². The standard InChI is InChI=1S/C25H26N4O2/c1-16-5-4-6-17(11-16)14-31-19-9-7-18(8-10-19)23-22-20(12-25(2,3)13-21(22)30)28-24-26-15-27-29(23)24/h4-11,15,23H,12-14H2,1-3H3,(H,26,27,28)/t23-/m1/s1. The van der Waals surface area contributed by atoms with Crippen LogP contribution in [-0.4, -0.2) is 20.5 Å². The van der Waals surface area contributed by atoms with Crippen LogP contribution in [0.25, 0.3) is 0 Å². The third-order valence-electron chi connectivity index (χ3n) is 5.96. The Balaban J connectivity index is 1.43. The van der Waals surface area contributed by atoms with E-state index in [0.717, 1.165) is 34.6 Å². The summed E-state index contributed by atoms with van der Waals surface area (Å²) in [7, 11) is 0. The molecule has 6 heteroatoms. The summed E-state index contributed by atoms with van der Waals surface area (Å²) in [6.45, 7) is 6.85. The summed E-state index contributed by atoms with van der Waals surface area (Å²) < 4.78 is 7.78. The van der Waals surface area contributed by atoms with Crippen molar-refractivity contribution < 1.29 is 9.53 Å². The van der Waals surface area contributed by atoms with Crippen LogP contribution >= 0.6 is 0 Å². The van der Waals surface area contributed by atoms with Gasteiger partial charge in [-0.15, -0.1) is 0 Å². The topological polar surface area (TPSA) is 69.0 Å². The molecule has 0 amide bonds. The third-order valence-corrected chi connectivity index (χ3v) is 5.96. The fourth-order valence-electron chi connectivity index (χ4n) is 4.57. The number of Topliss-reactive ketones (excluding diaryl/α,β-unsaturated/α-hetero) is 1. The number of fused-ring (bicyclic) bond motifs is 1. The van der Waals surface area contributed by atoms with Gasteiger partial charge in [0.2, 0.25) is 5.95 Å². The average molecular weight is 415 g/mol. The quantitative estimate of drug-likeness (QED) is 0.663. The van der Waals surface area contributed by atoms with Crippen molar-refractivity contribution in [3.63, 3.8) is 0 Å². The zero-order valence-electron chi connectivity index (χ0n) is 18.1. The summed E-state index contributed by atoms with van der Waals surface area (Å²) in [5.74, 6) is 1.64. The first-order chi connectivity index (χ1) is 14.9. The molecule has 0 bridgehead atoms. The maximum absolute atomic E-state index is 13.1. The number of anilines is 1. The van der Waals surface area contributed by atoms with Gasteiger partial charge in [-0.3, -0.25) is 4.79 Å². The molecule has 31 heavy (non-hydrogen) atoms. The molecule has 3 aromatic rings. The summed E-state index contributed by atoms with van der Waals surface area (Å²) in [4.78, 5) is 17.5. The molecule has 2 aromatic carbocycles. The van der Waals surface area contributed by atoms with Crippen LogP contribution in [0.5, 0.6) is 5.75 Å². The van der Waals surface area contributed by atoms with Crippen molar-refractivity contribution >= 4 is 11.7 Å². The normalized spacial score (nSPS) is 19.5. The molecule has 158 valence electrons. The lowest BCUT2D eigenvalue weighted by atomic mass is 9.73. The predicted molar refractivity (Wildman–Crippen MR) is 119 cm³/mol. The Bertz CT molecular complexity index is 1170. The van der Waals surface area contributed by atoms with Gasteiger partial charge in [-0.1, -0.05) is 55.8 Å². The third kappa shape index (κ3) is 3.74. The number of allylic oxidation sites excluding steroid dienone is 2. The molecule has 0 radical (unpaired) electrons. The highest BCUT2D eigenvalue weighted by atomic mass is 16.5. The van der Waals surface area contributed by atoms with Gasteiger partial charge in [-0.05, 0) is 42.0 Å². The first kappa shape index (κ1) is 19.5. The summed E-state index contributed by atoms with van der Waals surface area (Å²) >= 11 is 0. The van der Waals surface area contributed by atoms with Crippen LogP contribution in [0.3, 0.4) is 0 Å². The van der Waals surface area contributed by atoms with Crippen LogP contribution in [-0.2, 0) is 11.4 Å². The number of carbonyl (C=O) groups excluding carboxylic acids is 1. The molecule has 5 rings (SSSR count). The number of ketones is 1. The SMILES string of the molecule is Cc1cccc(COc2ccc([C@@H]3C4=C(CC(C)(C)CC4=O)Nc4ncnn43)cc2)c1. The van der Waals surface area contributed by atoms with Crippen LogP contribution in [0, 0.1) is 12.3 Å². The molecule has 0 saturated carbocycles. The molecule has 0 fully saturated rings. The van der Waals surface area contributed by atoms with Gasteiger partial charge in [0.25, 0.3) is 0 Å². The number of aryl methyl sites for hydroxylation is 1. The van der Waals surface area contributed by atoms with E-state index in [0.29, 0.717) is 19.0 Å². The summed E-state index contributed by atoms with van der Waals surface area (Å²) in [6.07, 6.45) is 2.88. The Morgan fingerprint density at radius 2 is 1.97 bits per heavy atom. The van der Waals surface area contributed by atoms with E-state index in [1.807, 2.05) is 30.3 Å². The largest absolute Gasteiger partial charge is 0.489 e. The number of nitrogens with zero attached hydrogens (tertiary/aromatic N) is 3. The summed E-state index contributed by atoms with van der Waals surface area (Å²) in [5.41, 5.74) is 5.05. The van der Waals surface area contributed by atoms with Crippen molar-refractivity contribution in [2.45, 2.75) is 46.3 Å². The number of aromatic nitrogens is 3. The van der Waals surface area contributed by atoms with Gasteiger partial charge in [-0.25, -0.2) is 4.68 Å². The van der Waals surface area contributed by atoms with Gasteiger partial charge in [0, 0.05) is 17.7 Å². The maximum atomic E-state index is 13.1. The first-order valence-corrected chi connectivity index (χ1v) is 10.6. The Kier molecular flexibility index (Phi) is 4.65. The molecule has 1 N–H and O–H groups in total. The number of carbonyl (C=O) groups is 1. The minimum atomic E-state index is -0.275. The Labute approximate surface area is 182 Å². The molecule has 1 atom stereocenters. The highest BCUT2D eigenvalue weighted by molar-refractivity contribution is 6.00. The number of hydrogen-bond acceptors (Lipinski definition) is 5. The minimum absolute atomic E-state index is 0.0663. The number of ether oxygens (including phenoxy) is 1. The minimum Gasteiger partial charge on any atom is -0.489 e. The average Bonchev–Trinajstić information content (AvgIpc) is 3.18. The molecule has 1 aromatic heterocycles. The second-order valence-electron chi connectivity index (χ2n) is 9.24. The zero-order chi connectivity index (χ0) is 21.6. The predicted octanol–water partition coefficient (Wildman–Crippen LogP) is 4.82. The molecule has 1 aliphatic heterocycles. The van der Waals surface area contributed by atoms with Gasteiger partial charge in [-0.2, -0.15) is 10.1 Å². The van der Waals surface area contributed by atoms with Gasteiger partial charge in [0.1, 0.15) is 24.7 Å². The van der Waals surface area contributed by atoms with E-state index in [9.17, 15) is 4.79 Å². The maximum Gasteiger partial charge on any atom is 0.226 e. The van der Waals surface area contributed by atoms with E-state index in [2.05, 4.69) is 54.4 Å². The van der Waals surface area contributed by atoms with E-state index >= 15 is 0 Å². The van der Waals surface area contributed by atoms with Crippen LogP contribution in [0.1, 0.15) is 49.4 Å². The van der Waals surface area contributed by atoms with Crippen molar-refractivity contribution in [1.29, 1.82) is 0 Å². The summed E-state index contributed by atoms with van der Waals surface area (Å²) in [5, 5.41) is 7.75. The number of benzene rings is 2. The van der Waals surface area contributed by atoms with Gasteiger partial charge < -0.3 is 10.1 Å². The summed E-state index contributed by atoms with van der Waals surface area (Å²) in [6, 6.07) is 16.0. The van der Waals surface area contributed by atoms with E-state index < -0.39 is 0 Å². The Morgan fingerprint density at radius 3 is 2.74 bits per heavy atom. The van der Waals surface area contributed by atoms with Crippen molar-refractivity contribution in [3.8, 4) is 5.75 Å². The molecule has 1 aliphatic carbocycles. The van der Waals surface area contributed by atoms with E-state index in [4.69, 9.17) is 4.74 Å². The number of rotatable bonds is 4. The molecule has 0 unspecified atom stereocenters. The van der Waals surface area contributed by atoms with Crippen molar-refractivity contribution in [2.75, 3.05) is 5.32 Å². The lowest BCUT2D eigenvalue weighted by molar-refractivity contribution is -0.118. The molecule has 0 saturated heterocycles. The molecule has 2 aliphatic rings. The Morgan fingerprint density at radius 1 is 1.16 bits per heavy atom. The van der Waals surface area contributed by atoms with Crippen LogP contribution < -0.4 is 10.1 Å². The van der Waals surface area contributed by atoms with Crippen LogP contribution in [0.15, 0.2) is 66.1 Å². The second kappa shape index (κ2) is 7.38. The number of hydrogen-bond donors (Lipinski definition) is 1. The second-order valence-corrected chi connectivity index (χ2v) is 9.24. The lowest BCUT2D eigenvalue weighted by Crippen LogP contribution is -2.36. The number of nitrogens with one attached hydrogen (secondary N) is 1. The molecular formula is C25H26N4O2. The van der Waals surface area contributed by atoms with E-state index in [-0.39, 0.29) is 17.2 Å². The molecular weight excluding hydrogens is 388 g/mol. The zero-order valence-corrected chi connectivity index (χ0v) is 18.1. The molecule has 0 spiro atoms. The fourth-order valence-corrected chi connectivity index (χ4v) is 4.57. The van der Waals surface area contributed by atoms with Gasteiger partial charge in [0.15, 0.2) is 5.78 Å². The highest BCUT2D eigenvalue weighted by Gasteiger charge is 2.41. The first-order valence-electron chi connectivity index (χ1n) is 10.6. The monoisotopic (exact) mass is 414 g/mol. The van der Waals surface area contributed by atoms with Gasteiger partial charge in [0.05, 0.1) is 0 Å². The van der Waals surface area contributed by atoms with Crippen LogP contribution in [0.2, 0.25) is 0 Å². The van der Waals surface area contributed by atoms with Crippen molar-refractivity contribution in [3.05, 3.63) is 82.8 Å². The van der Waals surface area contributed by atoms with E-state index in [1.54, 1.807) is 4.68 Å².